The highest BCUT2D eigenvalue weighted by atomic mass is 32.1. The lowest BCUT2D eigenvalue weighted by Crippen LogP contribution is -2.08. The second-order valence-corrected chi connectivity index (χ2v) is 16.3. The van der Waals surface area contributed by atoms with Crippen LogP contribution in [-0.4, -0.2) is 9.13 Å². The van der Waals surface area contributed by atoms with Crippen molar-refractivity contribution >= 4 is 75.9 Å². The molecule has 0 saturated heterocycles. The summed E-state index contributed by atoms with van der Waals surface area (Å²) >= 11 is 1.87. The number of allylic oxidation sites excluding steroid dienone is 1. The number of hydrogen-bond donors (Lipinski definition) is 0. The topological polar surface area (TPSA) is 9.86 Å². The van der Waals surface area contributed by atoms with Crippen LogP contribution in [0.4, 0.5) is 0 Å². The maximum atomic E-state index is 2.58. The van der Waals surface area contributed by atoms with E-state index in [2.05, 4.69) is 203 Å². The van der Waals surface area contributed by atoms with Gasteiger partial charge in [0.15, 0.2) is 0 Å². The van der Waals surface area contributed by atoms with Gasteiger partial charge in [0, 0.05) is 64.4 Å². The quantitative estimate of drug-likeness (QED) is 0.166. The van der Waals surface area contributed by atoms with Gasteiger partial charge in [-0.1, -0.05) is 140 Å². The van der Waals surface area contributed by atoms with Gasteiger partial charge in [0.1, 0.15) is 0 Å². The van der Waals surface area contributed by atoms with Gasteiger partial charge in [-0.05, 0) is 89.7 Å². The van der Waals surface area contributed by atoms with Gasteiger partial charge in [-0.25, -0.2) is 0 Å². The van der Waals surface area contributed by atoms with Gasteiger partial charge in [0.25, 0.3) is 0 Å². The summed E-state index contributed by atoms with van der Waals surface area (Å²) in [5, 5.41) is 6.51. The summed E-state index contributed by atoms with van der Waals surface area (Å²) in [4.78, 5) is 0. The molecule has 1 aliphatic carbocycles. The number of thiophene rings is 1. The summed E-state index contributed by atoms with van der Waals surface area (Å²) in [6.45, 7) is 0. The van der Waals surface area contributed by atoms with Gasteiger partial charge in [-0.2, -0.15) is 0 Å². The summed E-state index contributed by atoms with van der Waals surface area (Å²) in [5.74, 6) is 0. The minimum Gasteiger partial charge on any atom is -0.312 e. The molecule has 2 nitrogen and oxygen atoms in total. The Hall–Kier alpha value is -6.94. The summed E-state index contributed by atoms with van der Waals surface area (Å²) in [6, 6.07) is 69.2. The molecule has 3 aromatic heterocycles. The van der Waals surface area contributed by atoms with Crippen LogP contribution in [0.15, 0.2) is 188 Å². The van der Waals surface area contributed by atoms with Crippen molar-refractivity contribution in [2.75, 3.05) is 0 Å². The SMILES string of the molecule is C1=C(c2ccc3c(c2)c2ccccc2n3-c2ccc3sc4ccccc4c3c2)CCc2c1c1ccccc1n2-c1c(-c2ccccc2)cccc1-c1ccccc1. The fourth-order valence-corrected chi connectivity index (χ4v) is 10.6. The maximum Gasteiger partial charge on any atom is 0.0615 e. The van der Waals surface area contributed by atoms with E-state index < -0.39 is 0 Å². The molecule has 268 valence electrons. The van der Waals surface area contributed by atoms with E-state index in [0.29, 0.717) is 0 Å². The molecule has 0 spiro atoms. The molecule has 57 heavy (non-hydrogen) atoms. The van der Waals surface area contributed by atoms with Crippen molar-refractivity contribution in [2.45, 2.75) is 12.8 Å². The Morgan fingerprint density at radius 3 is 1.75 bits per heavy atom. The van der Waals surface area contributed by atoms with Crippen LogP contribution in [-0.2, 0) is 6.42 Å². The van der Waals surface area contributed by atoms with Crippen LogP contribution in [0.5, 0.6) is 0 Å². The third-order valence-electron chi connectivity index (χ3n) is 12.1. The number of benzene rings is 8. The molecule has 12 rings (SSSR count). The smallest absolute Gasteiger partial charge is 0.0615 e. The monoisotopic (exact) mass is 744 g/mol. The van der Waals surface area contributed by atoms with E-state index >= 15 is 0 Å². The molecule has 0 radical (unpaired) electrons. The van der Waals surface area contributed by atoms with Crippen LogP contribution >= 0.6 is 11.3 Å². The van der Waals surface area contributed by atoms with E-state index in [1.807, 2.05) is 11.3 Å². The molecule has 0 unspecified atom stereocenters. The highest BCUT2D eigenvalue weighted by Crippen LogP contribution is 2.45. The first kappa shape index (κ1) is 32.3. The minimum atomic E-state index is 0.946. The van der Waals surface area contributed by atoms with Gasteiger partial charge in [-0.15, -0.1) is 11.3 Å². The molecule has 8 aromatic carbocycles. The van der Waals surface area contributed by atoms with Crippen LogP contribution in [0.25, 0.3) is 98.2 Å². The van der Waals surface area contributed by atoms with Crippen molar-refractivity contribution in [3.05, 3.63) is 205 Å². The van der Waals surface area contributed by atoms with Crippen molar-refractivity contribution in [2.24, 2.45) is 0 Å². The predicted molar refractivity (Wildman–Crippen MR) is 244 cm³/mol. The number of aromatic nitrogens is 2. The molecule has 11 aromatic rings. The lowest BCUT2D eigenvalue weighted by atomic mass is 9.90. The first-order valence-corrected chi connectivity index (χ1v) is 20.6. The van der Waals surface area contributed by atoms with E-state index in [-0.39, 0.29) is 0 Å². The van der Waals surface area contributed by atoms with Gasteiger partial charge in [0.05, 0.1) is 22.2 Å². The molecule has 3 heterocycles. The Morgan fingerprint density at radius 1 is 0.386 bits per heavy atom. The van der Waals surface area contributed by atoms with Crippen LogP contribution in [0.2, 0.25) is 0 Å². The van der Waals surface area contributed by atoms with Crippen molar-refractivity contribution in [1.82, 2.24) is 9.13 Å². The zero-order chi connectivity index (χ0) is 37.5. The van der Waals surface area contributed by atoms with E-state index in [0.717, 1.165) is 12.8 Å². The fourth-order valence-electron chi connectivity index (χ4n) is 9.50. The normalized spacial score (nSPS) is 12.9. The largest absolute Gasteiger partial charge is 0.312 e. The predicted octanol–water partition coefficient (Wildman–Crippen LogP) is 14.9. The van der Waals surface area contributed by atoms with Crippen molar-refractivity contribution in [3.8, 4) is 33.6 Å². The summed E-state index contributed by atoms with van der Waals surface area (Å²) in [7, 11) is 0. The second kappa shape index (κ2) is 12.8. The maximum absolute atomic E-state index is 2.58. The highest BCUT2D eigenvalue weighted by molar-refractivity contribution is 7.25. The first-order chi connectivity index (χ1) is 28.3. The van der Waals surface area contributed by atoms with Crippen molar-refractivity contribution < 1.29 is 0 Å². The zero-order valence-corrected chi connectivity index (χ0v) is 32.0. The minimum absolute atomic E-state index is 0.946. The lowest BCUT2D eigenvalue weighted by Gasteiger charge is -2.22. The van der Waals surface area contributed by atoms with E-state index in [1.54, 1.807) is 0 Å². The third kappa shape index (κ3) is 5.02. The van der Waals surface area contributed by atoms with Crippen LogP contribution < -0.4 is 0 Å². The van der Waals surface area contributed by atoms with Gasteiger partial charge in [-0.3, -0.25) is 0 Å². The van der Waals surface area contributed by atoms with Gasteiger partial charge >= 0.3 is 0 Å². The summed E-state index contributed by atoms with van der Waals surface area (Å²) in [5.41, 5.74) is 16.5. The number of nitrogens with zero attached hydrogens (tertiary/aromatic N) is 2. The van der Waals surface area contributed by atoms with Crippen LogP contribution in [0.1, 0.15) is 23.2 Å². The average molecular weight is 745 g/mol. The number of para-hydroxylation sites is 3. The highest BCUT2D eigenvalue weighted by Gasteiger charge is 2.26. The van der Waals surface area contributed by atoms with E-state index in [9.17, 15) is 0 Å². The molecule has 1 aliphatic rings. The van der Waals surface area contributed by atoms with Crippen LogP contribution in [0.3, 0.4) is 0 Å². The zero-order valence-electron chi connectivity index (χ0n) is 31.2. The third-order valence-corrected chi connectivity index (χ3v) is 13.2. The first-order valence-electron chi connectivity index (χ1n) is 19.8. The molecule has 0 atom stereocenters. The molecule has 0 bridgehead atoms. The fraction of sp³-hybridized carbons (Fsp3) is 0.0370. The molecular weight excluding hydrogens is 709 g/mol. The summed E-state index contributed by atoms with van der Waals surface area (Å²) in [6.07, 6.45) is 4.39. The molecule has 0 aliphatic heterocycles. The Labute approximate surface area is 334 Å². The standard InChI is InChI=1S/C54H36N2S/c1-3-14-35(15-4-1)40-21-13-22-41(36-16-5-2-6-17-36)54(40)56-49-24-11-8-19-43(49)46-33-38(27-30-51(46)56)37-26-29-50-45(32-37)42-18-7-10-23-48(42)55(50)39-28-31-53-47(34-39)44-20-9-12-25-52(44)57-53/h1-26,28-29,31-34H,27,30H2. The Bertz CT molecular complexity index is 3340. The Balaban J connectivity index is 1.04. The van der Waals surface area contributed by atoms with E-state index in [1.165, 1.54) is 109 Å². The number of fused-ring (bicyclic) bond motifs is 9. The number of rotatable bonds is 5. The van der Waals surface area contributed by atoms with Gasteiger partial charge < -0.3 is 9.13 Å². The van der Waals surface area contributed by atoms with Crippen LogP contribution in [0, 0.1) is 0 Å². The molecule has 0 fully saturated rings. The molecular formula is C54H36N2S. The van der Waals surface area contributed by atoms with Gasteiger partial charge in [0.2, 0.25) is 0 Å². The summed E-state index contributed by atoms with van der Waals surface area (Å²) < 4.78 is 7.69. The Kier molecular flexibility index (Phi) is 7.26. The van der Waals surface area contributed by atoms with Crippen molar-refractivity contribution in [3.63, 3.8) is 0 Å². The van der Waals surface area contributed by atoms with Crippen molar-refractivity contribution in [1.29, 1.82) is 0 Å². The van der Waals surface area contributed by atoms with E-state index in [4.69, 9.17) is 0 Å². The second-order valence-electron chi connectivity index (χ2n) is 15.2. The molecule has 0 saturated carbocycles. The lowest BCUT2D eigenvalue weighted by molar-refractivity contribution is 0.899. The Morgan fingerprint density at radius 2 is 1.00 bits per heavy atom. The molecule has 0 amide bonds. The molecule has 3 heteroatoms. The number of hydrogen-bond acceptors (Lipinski definition) is 1. The molecule has 0 N–H and O–H groups in total. The average Bonchev–Trinajstić information content (AvgIpc) is 3.93.